The Hall–Kier alpha value is -3.48. The van der Waals surface area contributed by atoms with Crippen LogP contribution in [0.2, 0.25) is 10.0 Å². The van der Waals surface area contributed by atoms with E-state index >= 15 is 0 Å². The van der Waals surface area contributed by atoms with E-state index in [9.17, 15) is 9.59 Å². The lowest BCUT2D eigenvalue weighted by atomic mass is 9.94. The Labute approximate surface area is 219 Å². The molecule has 2 unspecified atom stereocenters. The maximum atomic E-state index is 12.4. The van der Waals surface area contributed by atoms with Crippen molar-refractivity contribution in [2.75, 3.05) is 0 Å². The third-order valence-electron chi connectivity index (χ3n) is 6.53. The van der Waals surface area contributed by atoms with Crippen LogP contribution in [0.25, 0.3) is 0 Å². The summed E-state index contributed by atoms with van der Waals surface area (Å²) in [5.74, 6) is -0.236. The highest BCUT2D eigenvalue weighted by atomic mass is 35.5. The molecule has 2 amide bonds. The molecule has 36 heavy (non-hydrogen) atoms. The van der Waals surface area contributed by atoms with Crippen LogP contribution >= 0.6 is 23.2 Å². The van der Waals surface area contributed by atoms with Gasteiger partial charge in [0, 0.05) is 36.7 Å². The number of hydrogen-bond acceptors (Lipinski definition) is 4. The number of hydrazone groups is 2. The molecule has 0 fully saturated rings. The SMILES string of the molecule is CC(=O)N1N=C(c2ccc(Cl)cc2)CC1c1ccc(C2CC(c3ccc(Cl)cc3)=NN2C(C)=O)cc1. The van der Waals surface area contributed by atoms with E-state index in [2.05, 4.69) is 10.2 Å². The predicted molar refractivity (Wildman–Crippen MR) is 142 cm³/mol. The van der Waals surface area contributed by atoms with E-state index in [0.717, 1.165) is 33.7 Å². The number of hydrogen-bond donors (Lipinski definition) is 0. The van der Waals surface area contributed by atoms with Crippen LogP contribution in [0, 0.1) is 0 Å². The van der Waals surface area contributed by atoms with Crippen molar-refractivity contribution in [1.82, 2.24) is 10.0 Å². The summed E-state index contributed by atoms with van der Waals surface area (Å²) in [6.07, 6.45) is 1.21. The van der Waals surface area contributed by atoms with E-state index in [1.54, 1.807) is 0 Å². The number of benzene rings is 3. The maximum absolute atomic E-state index is 12.4. The second-order valence-electron chi connectivity index (χ2n) is 8.94. The molecule has 2 aliphatic rings. The normalized spacial score (nSPS) is 19.3. The van der Waals surface area contributed by atoms with Gasteiger partial charge in [-0.1, -0.05) is 71.7 Å². The fraction of sp³-hybridized carbons (Fsp3) is 0.214. The van der Waals surface area contributed by atoms with Gasteiger partial charge in [-0.2, -0.15) is 10.2 Å². The van der Waals surface area contributed by atoms with Crippen LogP contribution in [-0.4, -0.2) is 33.3 Å². The second kappa shape index (κ2) is 9.88. The van der Waals surface area contributed by atoms with Crippen molar-refractivity contribution in [2.45, 2.75) is 38.8 Å². The van der Waals surface area contributed by atoms with Crippen LogP contribution in [0.1, 0.15) is 61.0 Å². The Bertz CT molecular complexity index is 1260. The Balaban J connectivity index is 1.37. The third-order valence-corrected chi connectivity index (χ3v) is 7.03. The van der Waals surface area contributed by atoms with Gasteiger partial charge in [-0.3, -0.25) is 9.59 Å². The van der Waals surface area contributed by atoms with Gasteiger partial charge in [0.2, 0.25) is 11.8 Å². The van der Waals surface area contributed by atoms with Gasteiger partial charge in [0.25, 0.3) is 0 Å². The molecular weight excluding hydrogens is 495 g/mol. The van der Waals surface area contributed by atoms with Crippen molar-refractivity contribution in [3.63, 3.8) is 0 Å². The summed E-state index contributed by atoms with van der Waals surface area (Å²) in [4.78, 5) is 24.8. The van der Waals surface area contributed by atoms with Gasteiger partial charge in [0.15, 0.2) is 0 Å². The zero-order chi connectivity index (χ0) is 25.4. The van der Waals surface area contributed by atoms with Crippen molar-refractivity contribution in [2.24, 2.45) is 10.2 Å². The molecule has 2 atom stereocenters. The standard InChI is InChI=1S/C28H24Cl2N4O2/c1-17(35)33-27(15-25(31-33)19-7-11-23(29)12-8-19)21-3-5-22(6-4-21)28-16-26(32-34(28)18(2)36)20-9-13-24(30)14-10-20/h3-14,27-28H,15-16H2,1-2H3. The largest absolute Gasteiger partial charge is 0.273 e. The van der Waals surface area contributed by atoms with Crippen molar-refractivity contribution in [1.29, 1.82) is 0 Å². The van der Waals surface area contributed by atoms with E-state index < -0.39 is 0 Å². The van der Waals surface area contributed by atoms with E-state index in [-0.39, 0.29) is 23.9 Å². The Morgan fingerprint density at radius 3 is 1.28 bits per heavy atom. The van der Waals surface area contributed by atoms with Crippen molar-refractivity contribution in [3.05, 3.63) is 105 Å². The fourth-order valence-corrected chi connectivity index (χ4v) is 4.95. The molecule has 0 aromatic heterocycles. The van der Waals surface area contributed by atoms with Crippen LogP contribution < -0.4 is 0 Å². The minimum absolute atomic E-state index is 0.118. The van der Waals surface area contributed by atoms with Crippen molar-refractivity contribution in [3.8, 4) is 0 Å². The number of carbonyl (C=O) groups excluding carboxylic acids is 2. The second-order valence-corrected chi connectivity index (χ2v) is 9.81. The van der Waals surface area contributed by atoms with Gasteiger partial charge < -0.3 is 0 Å². The average molecular weight is 519 g/mol. The highest BCUT2D eigenvalue weighted by Crippen LogP contribution is 2.36. The van der Waals surface area contributed by atoms with Gasteiger partial charge >= 0.3 is 0 Å². The smallest absolute Gasteiger partial charge is 0.240 e. The summed E-state index contributed by atoms with van der Waals surface area (Å²) < 4.78 is 0. The predicted octanol–water partition coefficient (Wildman–Crippen LogP) is 6.39. The molecule has 8 heteroatoms. The van der Waals surface area contributed by atoms with Gasteiger partial charge in [-0.25, -0.2) is 10.0 Å². The maximum Gasteiger partial charge on any atom is 0.240 e. The van der Waals surface area contributed by atoms with Gasteiger partial charge in [0.1, 0.15) is 0 Å². The number of carbonyl (C=O) groups is 2. The van der Waals surface area contributed by atoms with E-state index in [0.29, 0.717) is 22.9 Å². The van der Waals surface area contributed by atoms with Crippen molar-refractivity contribution < 1.29 is 9.59 Å². The van der Waals surface area contributed by atoms with Crippen LogP contribution in [-0.2, 0) is 9.59 Å². The molecule has 182 valence electrons. The van der Waals surface area contributed by atoms with Crippen LogP contribution in [0.15, 0.2) is 83.0 Å². The van der Waals surface area contributed by atoms with Crippen molar-refractivity contribution >= 4 is 46.4 Å². The third kappa shape index (κ3) is 4.79. The van der Waals surface area contributed by atoms with Crippen LogP contribution in [0.3, 0.4) is 0 Å². The fourth-order valence-electron chi connectivity index (χ4n) is 4.69. The zero-order valence-corrected chi connectivity index (χ0v) is 21.4. The minimum Gasteiger partial charge on any atom is -0.273 e. The van der Waals surface area contributed by atoms with Crippen LogP contribution in [0.4, 0.5) is 0 Å². The zero-order valence-electron chi connectivity index (χ0n) is 19.9. The molecule has 2 heterocycles. The van der Waals surface area contributed by atoms with Gasteiger partial charge in [0.05, 0.1) is 23.5 Å². The summed E-state index contributed by atoms with van der Waals surface area (Å²) in [7, 11) is 0. The molecule has 0 saturated carbocycles. The lowest BCUT2D eigenvalue weighted by Gasteiger charge is -2.23. The molecule has 0 bridgehead atoms. The van der Waals surface area contributed by atoms with Gasteiger partial charge in [-0.05, 0) is 46.5 Å². The highest BCUT2D eigenvalue weighted by molar-refractivity contribution is 6.31. The molecule has 0 saturated heterocycles. The average Bonchev–Trinajstić information content (AvgIpc) is 3.51. The molecule has 0 aliphatic carbocycles. The topological polar surface area (TPSA) is 65.3 Å². The highest BCUT2D eigenvalue weighted by Gasteiger charge is 2.33. The monoisotopic (exact) mass is 518 g/mol. The van der Waals surface area contributed by atoms with E-state index in [1.807, 2.05) is 72.8 Å². The molecule has 0 N–H and O–H groups in total. The first kappa shape index (κ1) is 24.2. The summed E-state index contributed by atoms with van der Waals surface area (Å²) in [6.45, 7) is 3.04. The molecule has 2 aliphatic heterocycles. The molecule has 6 nitrogen and oxygen atoms in total. The quantitative estimate of drug-likeness (QED) is 0.401. The number of halogens is 2. The van der Waals surface area contributed by atoms with Crippen LogP contribution in [0.5, 0.6) is 0 Å². The Morgan fingerprint density at radius 1 is 0.639 bits per heavy atom. The summed E-state index contributed by atoms with van der Waals surface area (Å²) in [5, 5.41) is 13.6. The Morgan fingerprint density at radius 2 is 0.972 bits per heavy atom. The summed E-state index contributed by atoms with van der Waals surface area (Å²) in [6, 6.07) is 22.6. The first-order chi connectivity index (χ1) is 17.3. The number of rotatable bonds is 4. The molecular formula is C28H24Cl2N4O2. The minimum atomic E-state index is -0.199. The van der Waals surface area contributed by atoms with E-state index in [4.69, 9.17) is 23.2 Å². The molecule has 3 aromatic rings. The molecule has 0 spiro atoms. The molecule has 0 radical (unpaired) electrons. The lowest BCUT2D eigenvalue weighted by molar-refractivity contribution is -0.131. The van der Waals surface area contributed by atoms with Gasteiger partial charge in [-0.15, -0.1) is 0 Å². The molecule has 3 aromatic carbocycles. The number of amides is 2. The first-order valence-corrected chi connectivity index (χ1v) is 12.4. The summed E-state index contributed by atoms with van der Waals surface area (Å²) >= 11 is 12.1. The van der Waals surface area contributed by atoms with E-state index in [1.165, 1.54) is 23.9 Å². The first-order valence-electron chi connectivity index (χ1n) is 11.7. The number of nitrogens with zero attached hydrogens (tertiary/aromatic N) is 4. The summed E-state index contributed by atoms with van der Waals surface area (Å²) in [5.41, 5.74) is 5.53. The molecule has 5 rings (SSSR count). The lowest BCUT2D eigenvalue weighted by Crippen LogP contribution is -2.25. The Kier molecular flexibility index (Phi) is 6.65.